The third-order valence-corrected chi connectivity index (χ3v) is 7.36. The quantitative estimate of drug-likeness (QED) is 0.448. The van der Waals surface area contributed by atoms with Gasteiger partial charge in [0, 0.05) is 30.6 Å². The number of halogens is 1. The molecular formula is C22H25FN2O5S2. The molecule has 3 rings (SSSR count). The van der Waals surface area contributed by atoms with Gasteiger partial charge in [0.2, 0.25) is 0 Å². The second kappa shape index (κ2) is 9.85. The van der Waals surface area contributed by atoms with E-state index in [1.54, 1.807) is 37.4 Å². The molecule has 32 heavy (non-hydrogen) atoms. The molecule has 0 fully saturated rings. The van der Waals surface area contributed by atoms with Gasteiger partial charge in [-0.25, -0.2) is 25.2 Å². The Balaban J connectivity index is 1.95. The lowest BCUT2D eigenvalue weighted by Gasteiger charge is -2.13. The van der Waals surface area contributed by atoms with E-state index in [4.69, 9.17) is 4.74 Å². The summed E-state index contributed by atoms with van der Waals surface area (Å²) in [6.07, 6.45) is 2.90. The van der Waals surface area contributed by atoms with Gasteiger partial charge in [-0.15, -0.1) is 0 Å². The molecule has 7 nitrogen and oxygen atoms in total. The highest BCUT2D eigenvalue weighted by Gasteiger charge is 2.23. The van der Waals surface area contributed by atoms with Gasteiger partial charge in [0.05, 0.1) is 22.9 Å². The summed E-state index contributed by atoms with van der Waals surface area (Å²) in [5.41, 5.74) is 1.07. The number of nitrogens with zero attached hydrogens (tertiary/aromatic N) is 1. The maximum Gasteiger partial charge on any atom is 0.268 e. The highest BCUT2D eigenvalue weighted by molar-refractivity contribution is 7.90. The summed E-state index contributed by atoms with van der Waals surface area (Å²) >= 11 is 0. The predicted octanol–water partition coefficient (Wildman–Crippen LogP) is 3.06. The highest BCUT2D eigenvalue weighted by Crippen LogP contribution is 2.30. The summed E-state index contributed by atoms with van der Waals surface area (Å²) in [7, 11) is -5.42. The third-order valence-electron chi connectivity index (χ3n) is 4.66. The average Bonchev–Trinajstić information content (AvgIpc) is 3.16. The number of nitrogens with one attached hydrogen (secondary N) is 1. The van der Waals surface area contributed by atoms with Crippen LogP contribution in [-0.2, 0) is 26.4 Å². The molecule has 1 heterocycles. The molecule has 172 valence electrons. The Kier molecular flexibility index (Phi) is 7.37. The maximum atomic E-state index is 14.5. The Morgan fingerprint density at radius 2 is 1.78 bits per heavy atom. The Morgan fingerprint density at radius 3 is 2.47 bits per heavy atom. The number of hydrogen-bond donors (Lipinski definition) is 1. The van der Waals surface area contributed by atoms with Gasteiger partial charge in [0.1, 0.15) is 21.4 Å². The fraction of sp³-hybridized carbons (Fsp3) is 0.273. The Bertz CT molecular complexity index is 1300. The van der Waals surface area contributed by atoms with Gasteiger partial charge >= 0.3 is 0 Å². The summed E-state index contributed by atoms with van der Waals surface area (Å²) in [6, 6.07) is 13.6. The Morgan fingerprint density at radius 1 is 1.03 bits per heavy atom. The lowest BCUT2D eigenvalue weighted by Crippen LogP contribution is -2.14. The van der Waals surface area contributed by atoms with Crippen LogP contribution in [0.1, 0.15) is 12.0 Å². The minimum absolute atomic E-state index is 0.0192. The average molecular weight is 481 g/mol. The topological polar surface area (TPSA) is 94.5 Å². The van der Waals surface area contributed by atoms with E-state index in [0.717, 1.165) is 10.2 Å². The first-order valence-corrected chi connectivity index (χ1v) is 13.4. The van der Waals surface area contributed by atoms with Gasteiger partial charge in [0.15, 0.2) is 0 Å². The smallest absolute Gasteiger partial charge is 0.268 e. The zero-order valence-corrected chi connectivity index (χ0v) is 19.4. The van der Waals surface area contributed by atoms with Crippen molar-refractivity contribution >= 4 is 19.9 Å². The molecule has 1 aromatic heterocycles. The third kappa shape index (κ3) is 5.76. The monoisotopic (exact) mass is 480 g/mol. The number of aromatic nitrogens is 1. The van der Waals surface area contributed by atoms with Crippen molar-refractivity contribution < 1.29 is 26.0 Å². The standard InChI is InChI=1S/C22H25FN2O5S2/c1-24-15-17-13-22(20-9-3-4-10-21(20)23)25(16-17)32(28,29)19-8-5-7-18(14-19)30-11-6-12-31(2,26)27/h3-5,7-10,13-14,16,24H,6,11-12,15H2,1-2H3. The van der Waals surface area contributed by atoms with Crippen LogP contribution in [0.15, 0.2) is 65.7 Å². The fourth-order valence-corrected chi connectivity index (χ4v) is 5.28. The van der Waals surface area contributed by atoms with Crippen LogP contribution in [0.2, 0.25) is 0 Å². The van der Waals surface area contributed by atoms with E-state index in [1.165, 1.54) is 30.5 Å². The van der Waals surface area contributed by atoms with Crippen LogP contribution in [0.4, 0.5) is 4.39 Å². The van der Waals surface area contributed by atoms with Crippen molar-refractivity contribution in [1.29, 1.82) is 0 Å². The lowest BCUT2D eigenvalue weighted by atomic mass is 10.1. The van der Waals surface area contributed by atoms with E-state index in [1.807, 2.05) is 0 Å². The molecule has 0 atom stereocenters. The summed E-state index contributed by atoms with van der Waals surface area (Å²) in [6.45, 7) is 0.542. The molecule has 0 saturated heterocycles. The first-order chi connectivity index (χ1) is 15.1. The van der Waals surface area contributed by atoms with E-state index in [9.17, 15) is 21.2 Å². The second-order valence-corrected chi connectivity index (χ2v) is 11.4. The van der Waals surface area contributed by atoms with Crippen molar-refractivity contribution in [2.45, 2.75) is 17.9 Å². The minimum atomic E-state index is -4.06. The number of hydrogen-bond acceptors (Lipinski definition) is 6. The van der Waals surface area contributed by atoms with E-state index < -0.39 is 25.7 Å². The number of sulfone groups is 1. The number of rotatable bonds is 10. The molecule has 0 bridgehead atoms. The molecule has 0 aliphatic heterocycles. The highest BCUT2D eigenvalue weighted by atomic mass is 32.2. The van der Waals surface area contributed by atoms with Gasteiger partial charge in [-0.2, -0.15) is 0 Å². The molecular weight excluding hydrogens is 455 g/mol. The molecule has 0 amide bonds. The van der Waals surface area contributed by atoms with Gasteiger partial charge in [0.25, 0.3) is 10.0 Å². The van der Waals surface area contributed by atoms with Crippen LogP contribution in [-0.4, -0.2) is 46.5 Å². The van der Waals surface area contributed by atoms with E-state index >= 15 is 0 Å². The zero-order valence-electron chi connectivity index (χ0n) is 17.8. The van der Waals surface area contributed by atoms with Crippen molar-refractivity contribution in [1.82, 2.24) is 9.29 Å². The molecule has 0 spiro atoms. The van der Waals surface area contributed by atoms with Crippen molar-refractivity contribution in [3.8, 4) is 17.0 Å². The Hall–Kier alpha value is -2.69. The molecule has 0 aliphatic rings. The van der Waals surface area contributed by atoms with Gasteiger partial charge in [-0.1, -0.05) is 18.2 Å². The first kappa shape index (κ1) is 24.0. The predicted molar refractivity (Wildman–Crippen MR) is 121 cm³/mol. The number of benzene rings is 2. The fourth-order valence-electron chi connectivity index (χ4n) is 3.21. The van der Waals surface area contributed by atoms with Crippen LogP contribution in [0, 0.1) is 5.82 Å². The maximum absolute atomic E-state index is 14.5. The molecule has 2 aromatic carbocycles. The van der Waals surface area contributed by atoms with Gasteiger partial charge < -0.3 is 10.1 Å². The summed E-state index contributed by atoms with van der Waals surface area (Å²) in [4.78, 5) is -0.0256. The summed E-state index contributed by atoms with van der Waals surface area (Å²) in [5, 5.41) is 2.97. The molecule has 0 saturated carbocycles. The van der Waals surface area contributed by atoms with Crippen molar-refractivity contribution in [2.24, 2.45) is 0 Å². The van der Waals surface area contributed by atoms with Crippen molar-refractivity contribution in [3.05, 3.63) is 72.2 Å². The minimum Gasteiger partial charge on any atom is -0.494 e. The normalized spacial score (nSPS) is 12.1. The van der Waals surface area contributed by atoms with Crippen LogP contribution in [0.5, 0.6) is 5.75 Å². The van der Waals surface area contributed by atoms with Crippen LogP contribution in [0.25, 0.3) is 11.3 Å². The molecule has 1 N–H and O–H groups in total. The Labute approximate surface area is 187 Å². The summed E-state index contributed by atoms with van der Waals surface area (Å²) < 4.78 is 70.5. The molecule has 3 aromatic rings. The SMILES string of the molecule is CNCc1cc(-c2ccccc2F)n(S(=O)(=O)c2cccc(OCCCS(C)(=O)=O)c2)c1. The van der Waals surface area contributed by atoms with Gasteiger partial charge in [-0.05, 0) is 49.4 Å². The van der Waals surface area contributed by atoms with Crippen LogP contribution in [0.3, 0.4) is 0 Å². The van der Waals surface area contributed by atoms with E-state index in [0.29, 0.717) is 17.9 Å². The lowest BCUT2D eigenvalue weighted by molar-refractivity contribution is 0.317. The molecule has 10 heteroatoms. The largest absolute Gasteiger partial charge is 0.494 e. The van der Waals surface area contributed by atoms with Crippen LogP contribution >= 0.6 is 0 Å². The zero-order chi connectivity index (χ0) is 23.4. The van der Waals surface area contributed by atoms with Gasteiger partial charge in [-0.3, -0.25) is 0 Å². The van der Waals surface area contributed by atoms with Crippen molar-refractivity contribution in [2.75, 3.05) is 25.7 Å². The molecule has 0 aliphatic carbocycles. The number of ether oxygens (including phenoxy) is 1. The summed E-state index contributed by atoms with van der Waals surface area (Å²) in [5.74, 6) is -0.246. The van der Waals surface area contributed by atoms with Crippen LogP contribution < -0.4 is 10.1 Å². The second-order valence-electron chi connectivity index (χ2n) is 7.35. The molecule has 0 unspecified atom stereocenters. The molecule has 0 radical (unpaired) electrons. The van der Waals surface area contributed by atoms with Crippen molar-refractivity contribution in [3.63, 3.8) is 0 Å². The first-order valence-electron chi connectivity index (χ1n) is 9.89. The van der Waals surface area contributed by atoms with E-state index in [-0.39, 0.29) is 34.9 Å². The van der Waals surface area contributed by atoms with E-state index in [2.05, 4.69) is 5.32 Å².